The molecule has 0 atom stereocenters. The van der Waals surface area contributed by atoms with E-state index in [9.17, 15) is 10.1 Å². The van der Waals surface area contributed by atoms with E-state index in [0.29, 0.717) is 12.2 Å². The summed E-state index contributed by atoms with van der Waals surface area (Å²) in [7, 11) is 3.95. The van der Waals surface area contributed by atoms with E-state index in [1.807, 2.05) is 20.2 Å². The number of nitriles is 1. The molecule has 1 rings (SSSR count). The zero-order chi connectivity index (χ0) is 14.6. The number of nitro benzene ring substituents is 1. The summed E-state index contributed by atoms with van der Waals surface area (Å²) in [5.74, 6) is 0. The predicted molar refractivity (Wildman–Crippen MR) is 74.1 cm³/mol. The number of hydrogen-bond donors (Lipinski definition) is 1. The number of likely N-dealkylation sites (N-methyl/N-ethyl adjacent to an activating group) is 1. The molecule has 1 aromatic carbocycles. The summed E-state index contributed by atoms with van der Waals surface area (Å²) in [6.07, 6.45) is 0. The maximum atomic E-state index is 10.9. The second-order valence-corrected chi connectivity index (χ2v) is 5.16. The van der Waals surface area contributed by atoms with Crippen molar-refractivity contribution in [3.05, 3.63) is 33.9 Å². The largest absolute Gasteiger partial charge is 0.383 e. The average molecular weight is 262 g/mol. The topological polar surface area (TPSA) is 82.2 Å². The van der Waals surface area contributed by atoms with Crippen LogP contribution in [0.25, 0.3) is 0 Å². The number of nitrogens with one attached hydrogen (secondary N) is 1. The van der Waals surface area contributed by atoms with Crippen LogP contribution in [0.1, 0.15) is 19.4 Å². The summed E-state index contributed by atoms with van der Waals surface area (Å²) in [6.45, 7) is 4.78. The molecule has 0 unspecified atom stereocenters. The second-order valence-electron chi connectivity index (χ2n) is 5.16. The Hall–Kier alpha value is -2.13. The average Bonchev–Trinajstić information content (AvgIpc) is 2.35. The van der Waals surface area contributed by atoms with Crippen molar-refractivity contribution in [3.8, 4) is 6.07 Å². The maximum absolute atomic E-state index is 10.9. The molecule has 0 radical (unpaired) electrons. The first-order chi connectivity index (χ1) is 8.77. The third kappa shape index (κ3) is 3.66. The highest BCUT2D eigenvalue weighted by molar-refractivity contribution is 5.59. The molecule has 0 heterocycles. The van der Waals surface area contributed by atoms with Crippen molar-refractivity contribution in [2.45, 2.75) is 19.4 Å². The normalized spacial score (nSPS) is 11.2. The lowest BCUT2D eigenvalue weighted by Crippen LogP contribution is -2.44. The third-order valence-electron chi connectivity index (χ3n) is 3.25. The Bertz CT molecular complexity index is 518. The van der Waals surface area contributed by atoms with Crippen molar-refractivity contribution in [1.29, 1.82) is 5.26 Å². The van der Waals surface area contributed by atoms with Gasteiger partial charge in [-0.05, 0) is 40.1 Å². The molecular weight excluding hydrogens is 244 g/mol. The molecule has 0 aliphatic rings. The minimum absolute atomic E-state index is 0.0717. The van der Waals surface area contributed by atoms with E-state index in [2.05, 4.69) is 24.1 Å². The molecule has 0 aromatic heterocycles. The first-order valence-electron chi connectivity index (χ1n) is 5.88. The highest BCUT2D eigenvalue weighted by Crippen LogP contribution is 2.23. The number of nitro groups is 1. The minimum atomic E-state index is -0.541. The van der Waals surface area contributed by atoms with Gasteiger partial charge in [-0.15, -0.1) is 0 Å². The smallest absolute Gasteiger partial charge is 0.289 e. The van der Waals surface area contributed by atoms with Gasteiger partial charge in [-0.3, -0.25) is 10.1 Å². The molecule has 0 aliphatic heterocycles. The van der Waals surface area contributed by atoms with Gasteiger partial charge in [-0.2, -0.15) is 5.26 Å². The highest BCUT2D eigenvalue weighted by atomic mass is 16.6. The zero-order valence-electron chi connectivity index (χ0n) is 11.6. The molecule has 0 saturated heterocycles. The fourth-order valence-electron chi connectivity index (χ4n) is 1.36. The molecule has 1 aromatic rings. The van der Waals surface area contributed by atoms with Crippen molar-refractivity contribution >= 4 is 11.4 Å². The van der Waals surface area contributed by atoms with Gasteiger partial charge in [0.1, 0.15) is 11.6 Å². The van der Waals surface area contributed by atoms with Gasteiger partial charge < -0.3 is 10.2 Å². The van der Waals surface area contributed by atoms with Crippen molar-refractivity contribution < 1.29 is 4.92 Å². The molecule has 19 heavy (non-hydrogen) atoms. The Kier molecular flexibility index (Phi) is 4.46. The van der Waals surface area contributed by atoms with Crippen LogP contribution in [0, 0.1) is 21.4 Å². The van der Waals surface area contributed by atoms with Crippen molar-refractivity contribution in [2.24, 2.45) is 0 Å². The van der Waals surface area contributed by atoms with E-state index in [4.69, 9.17) is 5.26 Å². The Morgan fingerprint density at radius 3 is 2.58 bits per heavy atom. The van der Waals surface area contributed by atoms with E-state index in [1.165, 1.54) is 12.1 Å². The molecule has 0 aliphatic carbocycles. The molecule has 0 fully saturated rings. The van der Waals surface area contributed by atoms with Crippen molar-refractivity contribution in [3.63, 3.8) is 0 Å². The molecule has 6 nitrogen and oxygen atoms in total. The van der Waals surface area contributed by atoms with Crippen LogP contribution in [-0.4, -0.2) is 36.0 Å². The van der Waals surface area contributed by atoms with Gasteiger partial charge >= 0.3 is 0 Å². The summed E-state index contributed by atoms with van der Waals surface area (Å²) in [4.78, 5) is 12.4. The van der Waals surface area contributed by atoms with Gasteiger partial charge in [0, 0.05) is 23.8 Å². The fourth-order valence-corrected chi connectivity index (χ4v) is 1.36. The van der Waals surface area contributed by atoms with E-state index in [0.717, 1.165) is 0 Å². The summed E-state index contributed by atoms with van der Waals surface area (Å²) in [6, 6.07) is 6.35. The SMILES string of the molecule is CN(C)C(C)(C)CNc1ccc(C#N)c([N+](=O)[O-])c1. The van der Waals surface area contributed by atoms with Crippen LogP contribution in [0.5, 0.6) is 0 Å². The second kappa shape index (κ2) is 5.67. The first-order valence-corrected chi connectivity index (χ1v) is 5.88. The summed E-state index contributed by atoms with van der Waals surface area (Å²) >= 11 is 0. The van der Waals surface area contributed by atoms with E-state index < -0.39 is 4.92 Å². The molecule has 0 amide bonds. The lowest BCUT2D eigenvalue weighted by Gasteiger charge is -2.33. The summed E-state index contributed by atoms with van der Waals surface area (Å²) in [5.41, 5.74) is 0.459. The van der Waals surface area contributed by atoms with Crippen LogP contribution in [0.15, 0.2) is 18.2 Å². The highest BCUT2D eigenvalue weighted by Gasteiger charge is 2.21. The van der Waals surface area contributed by atoms with Gasteiger partial charge in [0.2, 0.25) is 0 Å². The van der Waals surface area contributed by atoms with Crippen LogP contribution in [0.4, 0.5) is 11.4 Å². The Balaban J connectivity index is 2.90. The van der Waals surface area contributed by atoms with Crippen molar-refractivity contribution in [1.82, 2.24) is 4.90 Å². The molecular formula is C13H18N4O2. The summed E-state index contributed by atoms with van der Waals surface area (Å²) < 4.78 is 0. The lowest BCUT2D eigenvalue weighted by molar-refractivity contribution is -0.385. The molecule has 0 spiro atoms. The number of benzene rings is 1. The lowest BCUT2D eigenvalue weighted by atomic mass is 10.0. The van der Waals surface area contributed by atoms with Crippen LogP contribution in [0.3, 0.4) is 0 Å². The molecule has 1 N–H and O–H groups in total. The Morgan fingerprint density at radius 1 is 1.47 bits per heavy atom. The van der Waals surface area contributed by atoms with Gasteiger partial charge in [0.15, 0.2) is 0 Å². The standard InChI is InChI=1S/C13H18N4O2/c1-13(2,16(3)4)9-15-11-6-5-10(8-14)12(7-11)17(18)19/h5-7,15H,9H2,1-4H3. The molecule has 0 bridgehead atoms. The van der Waals surface area contributed by atoms with Gasteiger partial charge in [-0.1, -0.05) is 0 Å². The Morgan fingerprint density at radius 2 is 2.11 bits per heavy atom. The number of hydrogen-bond acceptors (Lipinski definition) is 5. The van der Waals surface area contributed by atoms with Gasteiger partial charge in [-0.25, -0.2) is 0 Å². The van der Waals surface area contributed by atoms with Crippen LogP contribution in [-0.2, 0) is 0 Å². The first kappa shape index (κ1) is 14.9. The summed E-state index contributed by atoms with van der Waals surface area (Å²) in [5, 5.41) is 22.8. The molecule has 0 saturated carbocycles. The fraction of sp³-hybridized carbons (Fsp3) is 0.462. The zero-order valence-corrected chi connectivity index (χ0v) is 11.6. The van der Waals surface area contributed by atoms with Gasteiger partial charge in [0.05, 0.1) is 4.92 Å². The number of nitrogens with zero attached hydrogens (tertiary/aromatic N) is 3. The quantitative estimate of drug-likeness (QED) is 0.650. The van der Waals surface area contributed by atoms with E-state index >= 15 is 0 Å². The van der Waals surface area contributed by atoms with Crippen molar-refractivity contribution in [2.75, 3.05) is 26.0 Å². The molecule has 102 valence electrons. The minimum Gasteiger partial charge on any atom is -0.383 e. The van der Waals surface area contributed by atoms with Crippen LogP contribution >= 0.6 is 0 Å². The van der Waals surface area contributed by atoms with E-state index in [1.54, 1.807) is 6.07 Å². The van der Waals surface area contributed by atoms with Gasteiger partial charge in [0.25, 0.3) is 5.69 Å². The molecule has 6 heteroatoms. The number of rotatable bonds is 5. The number of anilines is 1. The monoisotopic (exact) mass is 262 g/mol. The van der Waals surface area contributed by atoms with Crippen LogP contribution in [0.2, 0.25) is 0 Å². The van der Waals surface area contributed by atoms with E-state index in [-0.39, 0.29) is 16.8 Å². The Labute approximate surface area is 112 Å². The third-order valence-corrected chi connectivity index (χ3v) is 3.25. The predicted octanol–water partition coefficient (Wildman–Crippen LogP) is 2.22. The maximum Gasteiger partial charge on any atom is 0.289 e. The van der Waals surface area contributed by atoms with Crippen LogP contribution < -0.4 is 5.32 Å².